The number of carbonyl (C=O) groups is 1. The summed E-state index contributed by atoms with van der Waals surface area (Å²) in [6.07, 6.45) is 0. The molecule has 1 atom stereocenters. The van der Waals surface area contributed by atoms with Crippen LogP contribution in [-0.2, 0) is 0 Å². The third kappa shape index (κ3) is 4.17. The second-order valence-corrected chi connectivity index (χ2v) is 4.15. The third-order valence-corrected chi connectivity index (χ3v) is 2.82. The Hall–Kier alpha value is -1.69. The molecule has 0 spiro atoms. The van der Waals surface area contributed by atoms with Gasteiger partial charge in [0, 0.05) is 13.1 Å². The molecule has 0 radical (unpaired) electrons. The van der Waals surface area contributed by atoms with E-state index in [9.17, 15) is 13.6 Å². The largest absolute Gasteiger partial charge is 0.395 e. The van der Waals surface area contributed by atoms with Crippen LogP contribution < -0.4 is 5.32 Å². The molecule has 2 amide bonds. The van der Waals surface area contributed by atoms with E-state index in [2.05, 4.69) is 5.32 Å². The molecule has 0 saturated carbocycles. The standard InChI is InChI=1S/C13H18F2N2O2/c1-3-17(6-7-18)13(19)16-9(2)10-4-5-11(14)12(15)8-10/h4-5,8-9,18H,3,6-7H2,1-2H3,(H,16,19). The highest BCUT2D eigenvalue weighted by Gasteiger charge is 2.15. The molecule has 106 valence electrons. The first kappa shape index (κ1) is 15.4. The van der Waals surface area contributed by atoms with E-state index < -0.39 is 17.7 Å². The zero-order valence-corrected chi connectivity index (χ0v) is 11.0. The predicted molar refractivity (Wildman–Crippen MR) is 67.6 cm³/mol. The van der Waals surface area contributed by atoms with E-state index in [1.807, 2.05) is 0 Å². The molecule has 1 unspecified atom stereocenters. The van der Waals surface area contributed by atoms with Crippen molar-refractivity contribution in [3.63, 3.8) is 0 Å². The Morgan fingerprint density at radius 2 is 2.11 bits per heavy atom. The van der Waals surface area contributed by atoms with Crippen LogP contribution in [0.15, 0.2) is 18.2 Å². The van der Waals surface area contributed by atoms with Crippen molar-refractivity contribution in [2.45, 2.75) is 19.9 Å². The Kier molecular flexibility index (Phi) is 5.69. The minimum atomic E-state index is -0.943. The lowest BCUT2D eigenvalue weighted by Gasteiger charge is -2.23. The smallest absolute Gasteiger partial charge is 0.317 e. The van der Waals surface area contributed by atoms with Gasteiger partial charge in [0.1, 0.15) is 0 Å². The van der Waals surface area contributed by atoms with Crippen LogP contribution in [0.2, 0.25) is 0 Å². The second kappa shape index (κ2) is 7.04. The fourth-order valence-electron chi connectivity index (χ4n) is 1.67. The minimum absolute atomic E-state index is 0.124. The summed E-state index contributed by atoms with van der Waals surface area (Å²) in [6.45, 7) is 4.03. The molecule has 0 aliphatic rings. The molecule has 4 nitrogen and oxygen atoms in total. The van der Waals surface area contributed by atoms with Crippen LogP contribution in [0.5, 0.6) is 0 Å². The van der Waals surface area contributed by atoms with E-state index in [4.69, 9.17) is 5.11 Å². The second-order valence-electron chi connectivity index (χ2n) is 4.15. The summed E-state index contributed by atoms with van der Waals surface area (Å²) in [5.74, 6) is -1.86. The van der Waals surface area contributed by atoms with E-state index >= 15 is 0 Å². The van der Waals surface area contributed by atoms with Gasteiger partial charge < -0.3 is 15.3 Å². The lowest BCUT2D eigenvalue weighted by molar-refractivity contribution is 0.178. The van der Waals surface area contributed by atoms with Gasteiger partial charge in [-0.3, -0.25) is 0 Å². The summed E-state index contributed by atoms with van der Waals surface area (Å²) in [5, 5.41) is 11.5. The summed E-state index contributed by atoms with van der Waals surface area (Å²) in [6, 6.07) is 2.71. The maximum Gasteiger partial charge on any atom is 0.317 e. The molecule has 0 bridgehead atoms. The number of aliphatic hydroxyl groups is 1. The maximum atomic E-state index is 13.1. The van der Waals surface area contributed by atoms with Gasteiger partial charge in [-0.25, -0.2) is 13.6 Å². The van der Waals surface area contributed by atoms with Crippen molar-refractivity contribution >= 4 is 6.03 Å². The molecular formula is C13H18F2N2O2. The van der Waals surface area contributed by atoms with Crippen LogP contribution >= 0.6 is 0 Å². The molecule has 2 N–H and O–H groups in total. The molecular weight excluding hydrogens is 254 g/mol. The molecule has 0 heterocycles. The first-order valence-corrected chi connectivity index (χ1v) is 6.10. The highest BCUT2D eigenvalue weighted by Crippen LogP contribution is 2.16. The quantitative estimate of drug-likeness (QED) is 0.862. The number of rotatable bonds is 5. The van der Waals surface area contributed by atoms with E-state index in [1.54, 1.807) is 13.8 Å². The SMILES string of the molecule is CCN(CCO)C(=O)NC(C)c1ccc(F)c(F)c1. The first-order valence-electron chi connectivity index (χ1n) is 6.10. The van der Waals surface area contributed by atoms with E-state index in [0.29, 0.717) is 12.1 Å². The molecule has 1 rings (SSSR count). The van der Waals surface area contributed by atoms with Crippen molar-refractivity contribution in [2.75, 3.05) is 19.7 Å². The van der Waals surface area contributed by atoms with Gasteiger partial charge >= 0.3 is 6.03 Å². The normalized spacial score (nSPS) is 12.1. The van der Waals surface area contributed by atoms with E-state index in [0.717, 1.165) is 12.1 Å². The third-order valence-electron chi connectivity index (χ3n) is 2.82. The summed E-state index contributed by atoms with van der Waals surface area (Å²) >= 11 is 0. The Morgan fingerprint density at radius 3 is 2.63 bits per heavy atom. The summed E-state index contributed by atoms with van der Waals surface area (Å²) < 4.78 is 25.9. The van der Waals surface area contributed by atoms with Gasteiger partial charge in [0.25, 0.3) is 0 Å². The highest BCUT2D eigenvalue weighted by molar-refractivity contribution is 5.74. The van der Waals surface area contributed by atoms with Crippen molar-refractivity contribution in [1.82, 2.24) is 10.2 Å². The number of halogens is 2. The monoisotopic (exact) mass is 272 g/mol. The number of hydrogen-bond acceptors (Lipinski definition) is 2. The Labute approximate surface area is 111 Å². The van der Waals surface area contributed by atoms with Gasteiger partial charge in [0.15, 0.2) is 11.6 Å². The number of nitrogens with one attached hydrogen (secondary N) is 1. The number of nitrogens with zero attached hydrogens (tertiary/aromatic N) is 1. The number of aliphatic hydroxyl groups excluding tert-OH is 1. The molecule has 0 aliphatic carbocycles. The minimum Gasteiger partial charge on any atom is -0.395 e. The molecule has 19 heavy (non-hydrogen) atoms. The fraction of sp³-hybridized carbons (Fsp3) is 0.462. The van der Waals surface area contributed by atoms with Crippen molar-refractivity contribution in [3.8, 4) is 0 Å². The van der Waals surface area contributed by atoms with Crippen LogP contribution in [0, 0.1) is 11.6 Å². The number of urea groups is 1. The van der Waals surface area contributed by atoms with Crippen molar-refractivity contribution in [3.05, 3.63) is 35.4 Å². The van der Waals surface area contributed by atoms with E-state index in [-0.39, 0.29) is 19.2 Å². The Balaban J connectivity index is 2.70. The number of carbonyl (C=O) groups excluding carboxylic acids is 1. The van der Waals surface area contributed by atoms with Gasteiger partial charge in [-0.05, 0) is 31.5 Å². The Morgan fingerprint density at radius 1 is 1.42 bits per heavy atom. The highest BCUT2D eigenvalue weighted by atomic mass is 19.2. The van der Waals surface area contributed by atoms with Gasteiger partial charge in [-0.15, -0.1) is 0 Å². The lowest BCUT2D eigenvalue weighted by atomic mass is 10.1. The maximum absolute atomic E-state index is 13.1. The number of likely N-dealkylation sites (N-methyl/N-ethyl adjacent to an activating group) is 1. The Bertz CT molecular complexity index is 441. The predicted octanol–water partition coefficient (Wildman–Crippen LogP) is 2.05. The summed E-state index contributed by atoms with van der Waals surface area (Å²) in [4.78, 5) is 13.3. The van der Waals surface area contributed by atoms with Crippen LogP contribution in [0.4, 0.5) is 13.6 Å². The average Bonchev–Trinajstić information content (AvgIpc) is 2.38. The molecule has 1 aromatic carbocycles. The summed E-state index contributed by atoms with van der Waals surface area (Å²) in [7, 11) is 0. The molecule has 0 saturated heterocycles. The van der Waals surface area contributed by atoms with Crippen LogP contribution in [0.1, 0.15) is 25.5 Å². The average molecular weight is 272 g/mol. The van der Waals surface area contributed by atoms with Gasteiger partial charge in [0.05, 0.1) is 12.6 Å². The summed E-state index contributed by atoms with van der Waals surface area (Å²) in [5.41, 5.74) is 0.479. The number of benzene rings is 1. The fourth-order valence-corrected chi connectivity index (χ4v) is 1.67. The van der Waals surface area contributed by atoms with Crippen molar-refractivity contribution in [2.24, 2.45) is 0 Å². The number of amides is 2. The topological polar surface area (TPSA) is 52.6 Å². The van der Waals surface area contributed by atoms with Crippen molar-refractivity contribution in [1.29, 1.82) is 0 Å². The van der Waals surface area contributed by atoms with Crippen LogP contribution in [-0.4, -0.2) is 35.7 Å². The first-order chi connectivity index (χ1) is 8.99. The van der Waals surface area contributed by atoms with Gasteiger partial charge in [0.2, 0.25) is 0 Å². The van der Waals surface area contributed by atoms with Crippen LogP contribution in [0.25, 0.3) is 0 Å². The molecule has 0 aromatic heterocycles. The van der Waals surface area contributed by atoms with Crippen LogP contribution in [0.3, 0.4) is 0 Å². The van der Waals surface area contributed by atoms with Gasteiger partial charge in [-0.2, -0.15) is 0 Å². The molecule has 0 fully saturated rings. The molecule has 0 aliphatic heterocycles. The van der Waals surface area contributed by atoms with E-state index in [1.165, 1.54) is 11.0 Å². The lowest BCUT2D eigenvalue weighted by Crippen LogP contribution is -2.42. The zero-order chi connectivity index (χ0) is 14.4. The van der Waals surface area contributed by atoms with Gasteiger partial charge in [-0.1, -0.05) is 6.07 Å². The van der Waals surface area contributed by atoms with Crippen molar-refractivity contribution < 1.29 is 18.7 Å². The number of hydrogen-bond donors (Lipinski definition) is 2. The molecule has 1 aromatic rings. The zero-order valence-electron chi connectivity index (χ0n) is 11.0. The molecule has 6 heteroatoms.